The molecule has 4 bridgehead atoms. The van der Waals surface area contributed by atoms with E-state index < -0.39 is 11.1 Å². The highest BCUT2D eigenvalue weighted by Gasteiger charge is 2.58. The molecule has 0 N–H and O–H groups in total. The van der Waals surface area contributed by atoms with Gasteiger partial charge in [-0.15, -0.1) is 0 Å². The topological polar surface area (TPSA) is 53.3 Å². The third-order valence-corrected chi connectivity index (χ3v) is 4.75. The fourth-order valence-corrected chi connectivity index (χ4v) is 4.44. The molecule has 1 amide bonds. The second-order valence-corrected chi connectivity index (χ2v) is 7.49. The second kappa shape index (κ2) is 3.88. The molecule has 2 heterocycles. The first kappa shape index (κ1) is 12.8. The van der Waals surface area contributed by atoms with Crippen molar-refractivity contribution < 1.29 is 9.53 Å². The van der Waals surface area contributed by atoms with Gasteiger partial charge in [0.2, 0.25) is 0 Å². The molecule has 2 unspecified atom stereocenters. The van der Waals surface area contributed by atoms with Gasteiger partial charge in [0.05, 0.1) is 6.07 Å². The Morgan fingerprint density at radius 1 is 1.26 bits per heavy atom. The summed E-state index contributed by atoms with van der Waals surface area (Å²) in [5, 5.41) is 9.65. The van der Waals surface area contributed by atoms with Crippen LogP contribution in [0.15, 0.2) is 0 Å². The van der Waals surface area contributed by atoms with Crippen molar-refractivity contribution in [3.05, 3.63) is 0 Å². The maximum absolute atomic E-state index is 12.5. The van der Waals surface area contributed by atoms with Gasteiger partial charge in [-0.2, -0.15) is 5.26 Å². The van der Waals surface area contributed by atoms with Gasteiger partial charge in [-0.05, 0) is 64.7 Å². The molecule has 4 rings (SSSR count). The van der Waals surface area contributed by atoms with E-state index in [1.54, 1.807) is 4.90 Å². The minimum absolute atomic E-state index is 0.223. The summed E-state index contributed by atoms with van der Waals surface area (Å²) in [6, 6.07) is 2.67. The summed E-state index contributed by atoms with van der Waals surface area (Å²) in [5.74, 6) is 1.27. The molecule has 19 heavy (non-hydrogen) atoms. The molecule has 2 aliphatic carbocycles. The number of hydrogen-bond acceptors (Lipinski definition) is 3. The molecule has 0 aromatic carbocycles. The van der Waals surface area contributed by atoms with E-state index in [2.05, 4.69) is 6.07 Å². The van der Waals surface area contributed by atoms with Crippen molar-refractivity contribution in [2.45, 2.75) is 70.1 Å². The number of nitriles is 1. The zero-order valence-electron chi connectivity index (χ0n) is 12.0. The Morgan fingerprint density at radius 3 is 2.32 bits per heavy atom. The first-order chi connectivity index (χ1) is 8.83. The van der Waals surface area contributed by atoms with E-state index in [1.807, 2.05) is 20.8 Å². The Balaban J connectivity index is 1.88. The standard InChI is InChI=1S/C15H22N2O2/c1-14(2,3)19-13(18)17-12-5-10-4-11(6-12)8-15(17,7-10)9-16/h10-12H,4-8H2,1-3H3. The Labute approximate surface area is 114 Å². The molecule has 104 valence electrons. The van der Waals surface area contributed by atoms with Gasteiger partial charge < -0.3 is 4.74 Å². The highest BCUT2D eigenvalue weighted by atomic mass is 16.6. The Hall–Kier alpha value is -1.24. The van der Waals surface area contributed by atoms with Crippen LogP contribution in [0.3, 0.4) is 0 Å². The van der Waals surface area contributed by atoms with Crippen molar-refractivity contribution in [1.82, 2.24) is 4.90 Å². The lowest BCUT2D eigenvalue weighted by atomic mass is 9.58. The van der Waals surface area contributed by atoms with Crippen LogP contribution in [0.5, 0.6) is 0 Å². The minimum Gasteiger partial charge on any atom is -0.444 e. The third kappa shape index (κ3) is 2.00. The number of piperidine rings is 2. The molecule has 4 aliphatic rings. The van der Waals surface area contributed by atoms with E-state index >= 15 is 0 Å². The van der Waals surface area contributed by atoms with Crippen LogP contribution in [0.2, 0.25) is 0 Å². The van der Waals surface area contributed by atoms with Crippen molar-refractivity contribution in [3.63, 3.8) is 0 Å². The summed E-state index contributed by atoms with van der Waals surface area (Å²) in [7, 11) is 0. The fourth-order valence-electron chi connectivity index (χ4n) is 4.44. The zero-order valence-corrected chi connectivity index (χ0v) is 12.0. The molecule has 0 spiro atoms. The Morgan fingerprint density at radius 2 is 1.84 bits per heavy atom. The van der Waals surface area contributed by atoms with Crippen LogP contribution < -0.4 is 0 Å². The highest BCUT2D eigenvalue weighted by Crippen LogP contribution is 2.54. The van der Waals surface area contributed by atoms with E-state index in [9.17, 15) is 10.1 Å². The van der Waals surface area contributed by atoms with Crippen molar-refractivity contribution in [3.8, 4) is 6.07 Å². The number of rotatable bonds is 0. The third-order valence-electron chi connectivity index (χ3n) is 4.75. The van der Waals surface area contributed by atoms with Crippen LogP contribution in [0, 0.1) is 23.2 Å². The largest absolute Gasteiger partial charge is 0.444 e. The summed E-state index contributed by atoms with van der Waals surface area (Å²) >= 11 is 0. The van der Waals surface area contributed by atoms with Gasteiger partial charge in [0.1, 0.15) is 11.1 Å². The van der Waals surface area contributed by atoms with Crippen molar-refractivity contribution >= 4 is 6.09 Å². The Kier molecular flexibility index (Phi) is 2.61. The number of ether oxygens (including phenoxy) is 1. The first-order valence-corrected chi connectivity index (χ1v) is 7.26. The van der Waals surface area contributed by atoms with Gasteiger partial charge in [0.15, 0.2) is 0 Å². The lowest BCUT2D eigenvalue weighted by Gasteiger charge is -2.59. The van der Waals surface area contributed by atoms with Crippen LogP contribution in [0.25, 0.3) is 0 Å². The molecule has 4 nitrogen and oxygen atoms in total. The highest BCUT2D eigenvalue weighted by molar-refractivity contribution is 5.71. The van der Waals surface area contributed by atoms with E-state index in [0.717, 1.165) is 25.7 Å². The van der Waals surface area contributed by atoms with Gasteiger partial charge in [0, 0.05) is 6.04 Å². The normalized spacial score (nSPS) is 40.1. The van der Waals surface area contributed by atoms with Crippen molar-refractivity contribution in [2.24, 2.45) is 11.8 Å². The minimum atomic E-state index is -0.586. The monoisotopic (exact) mass is 262 g/mol. The van der Waals surface area contributed by atoms with E-state index in [0.29, 0.717) is 11.8 Å². The number of nitrogens with zero attached hydrogens (tertiary/aromatic N) is 2. The van der Waals surface area contributed by atoms with Crippen LogP contribution in [-0.4, -0.2) is 28.2 Å². The maximum Gasteiger partial charge on any atom is 0.411 e. The van der Waals surface area contributed by atoms with Crippen LogP contribution >= 0.6 is 0 Å². The number of carbonyl (C=O) groups excluding carboxylic acids is 1. The molecule has 0 radical (unpaired) electrons. The van der Waals surface area contributed by atoms with Crippen LogP contribution in [0.4, 0.5) is 4.79 Å². The summed E-state index contributed by atoms with van der Waals surface area (Å²) in [5.41, 5.74) is -1.08. The predicted molar refractivity (Wildman–Crippen MR) is 70.3 cm³/mol. The molecule has 2 aliphatic heterocycles. The quantitative estimate of drug-likeness (QED) is 0.674. The zero-order chi connectivity index (χ0) is 13.8. The molecule has 2 saturated carbocycles. The molecule has 4 fully saturated rings. The summed E-state index contributed by atoms with van der Waals surface area (Å²) in [4.78, 5) is 14.2. The summed E-state index contributed by atoms with van der Waals surface area (Å²) in [6.45, 7) is 5.63. The van der Waals surface area contributed by atoms with Gasteiger partial charge in [-0.1, -0.05) is 0 Å². The number of amides is 1. The molecule has 4 heteroatoms. The smallest absolute Gasteiger partial charge is 0.411 e. The average molecular weight is 262 g/mol. The van der Waals surface area contributed by atoms with Crippen molar-refractivity contribution in [1.29, 1.82) is 5.26 Å². The maximum atomic E-state index is 12.5. The predicted octanol–water partition coefficient (Wildman–Crippen LogP) is 3.08. The van der Waals surface area contributed by atoms with Gasteiger partial charge >= 0.3 is 6.09 Å². The second-order valence-electron chi connectivity index (χ2n) is 7.49. The number of carbonyl (C=O) groups is 1. The van der Waals surface area contributed by atoms with Gasteiger partial charge in [0.25, 0.3) is 0 Å². The van der Waals surface area contributed by atoms with Crippen LogP contribution in [-0.2, 0) is 4.74 Å². The molecule has 2 atom stereocenters. The molecule has 0 aromatic heterocycles. The summed E-state index contributed by atoms with van der Waals surface area (Å²) < 4.78 is 5.53. The molecular weight excluding hydrogens is 240 g/mol. The van der Waals surface area contributed by atoms with E-state index in [-0.39, 0.29) is 12.1 Å². The van der Waals surface area contributed by atoms with Gasteiger partial charge in [-0.3, -0.25) is 4.90 Å². The lowest BCUT2D eigenvalue weighted by Crippen LogP contribution is -2.67. The van der Waals surface area contributed by atoms with Gasteiger partial charge in [-0.25, -0.2) is 4.79 Å². The average Bonchev–Trinajstić information content (AvgIpc) is 2.24. The number of hydrogen-bond donors (Lipinski definition) is 0. The molecule has 0 aromatic rings. The first-order valence-electron chi connectivity index (χ1n) is 7.26. The summed E-state index contributed by atoms with van der Waals surface area (Å²) in [6.07, 6.45) is 4.75. The van der Waals surface area contributed by atoms with Crippen LogP contribution in [0.1, 0.15) is 52.9 Å². The Bertz CT molecular complexity index is 432. The lowest BCUT2D eigenvalue weighted by molar-refractivity contribution is -0.0950. The van der Waals surface area contributed by atoms with E-state index in [4.69, 9.17) is 4.74 Å². The van der Waals surface area contributed by atoms with E-state index in [1.165, 1.54) is 6.42 Å². The SMILES string of the molecule is CC(C)(C)OC(=O)N1C2CC3CC(C2)CC1(C#N)C3. The fraction of sp³-hybridized carbons (Fsp3) is 0.867. The molecular formula is C15H22N2O2. The molecule has 2 saturated heterocycles. The van der Waals surface area contributed by atoms with Crippen molar-refractivity contribution in [2.75, 3.05) is 0 Å².